The molecule has 0 saturated carbocycles. The number of hydrogen-bond donors (Lipinski definition) is 1. The summed E-state index contributed by atoms with van der Waals surface area (Å²) in [5.41, 5.74) is 0. The Kier molecular flexibility index (Phi) is 6.98. The summed E-state index contributed by atoms with van der Waals surface area (Å²) in [7, 11) is 0. The molecule has 0 spiro atoms. The fraction of sp³-hybridized carbons (Fsp3) is 1.00. The van der Waals surface area contributed by atoms with E-state index in [1.165, 1.54) is 25.9 Å². The van der Waals surface area contributed by atoms with Crippen molar-refractivity contribution in [3.63, 3.8) is 0 Å². The van der Waals surface area contributed by atoms with E-state index in [0.717, 1.165) is 38.8 Å². The normalized spacial score (nSPS) is 18.6. The highest BCUT2D eigenvalue weighted by molar-refractivity contribution is 4.62. The van der Waals surface area contributed by atoms with Crippen LogP contribution in [0.4, 0.5) is 0 Å². The first-order chi connectivity index (χ1) is 7.29. The molecule has 0 aromatic heterocycles. The minimum Gasteiger partial charge on any atom is -0.379 e. The maximum absolute atomic E-state index is 5.32. The van der Waals surface area contributed by atoms with E-state index in [4.69, 9.17) is 4.74 Å². The van der Waals surface area contributed by atoms with Gasteiger partial charge in [0.25, 0.3) is 0 Å². The van der Waals surface area contributed by atoms with Gasteiger partial charge in [0.15, 0.2) is 0 Å². The van der Waals surface area contributed by atoms with Gasteiger partial charge in [0.05, 0.1) is 13.2 Å². The van der Waals surface area contributed by atoms with Gasteiger partial charge in [0.1, 0.15) is 0 Å². The number of nitrogens with one attached hydrogen (secondary N) is 1. The quantitative estimate of drug-likeness (QED) is 0.647. The average molecular weight is 214 g/mol. The van der Waals surface area contributed by atoms with E-state index in [0.29, 0.717) is 0 Å². The molecule has 0 radical (unpaired) electrons. The van der Waals surface area contributed by atoms with Crippen molar-refractivity contribution >= 4 is 0 Å². The number of unbranched alkanes of at least 4 members (excludes halogenated alkanes) is 1. The predicted molar refractivity (Wildman–Crippen MR) is 64.2 cm³/mol. The third-order valence-electron chi connectivity index (χ3n) is 2.73. The lowest BCUT2D eigenvalue weighted by Gasteiger charge is -2.26. The van der Waals surface area contributed by atoms with Crippen LogP contribution < -0.4 is 5.32 Å². The van der Waals surface area contributed by atoms with Crippen molar-refractivity contribution in [1.29, 1.82) is 0 Å². The third-order valence-corrected chi connectivity index (χ3v) is 2.73. The van der Waals surface area contributed by atoms with Crippen LogP contribution in [-0.2, 0) is 4.74 Å². The molecule has 0 aromatic rings. The van der Waals surface area contributed by atoms with Crippen molar-refractivity contribution in [3.05, 3.63) is 0 Å². The van der Waals surface area contributed by atoms with Crippen LogP contribution in [0.3, 0.4) is 0 Å². The van der Waals surface area contributed by atoms with E-state index in [9.17, 15) is 0 Å². The molecule has 1 aliphatic rings. The Morgan fingerprint density at radius 3 is 2.60 bits per heavy atom. The van der Waals surface area contributed by atoms with Crippen LogP contribution in [0.5, 0.6) is 0 Å². The molecule has 1 saturated heterocycles. The van der Waals surface area contributed by atoms with Crippen molar-refractivity contribution in [1.82, 2.24) is 10.2 Å². The summed E-state index contributed by atoms with van der Waals surface area (Å²) in [4.78, 5) is 2.51. The highest BCUT2D eigenvalue weighted by Gasteiger charge is 2.08. The van der Waals surface area contributed by atoms with Crippen LogP contribution in [0.1, 0.15) is 26.7 Å². The smallest absolute Gasteiger partial charge is 0.0594 e. The number of morpholine rings is 1. The minimum atomic E-state index is 0.768. The molecular formula is C12H26N2O. The Morgan fingerprint density at radius 2 is 1.93 bits per heavy atom. The Balaban J connectivity index is 1.83. The Bertz CT molecular complexity index is 145. The van der Waals surface area contributed by atoms with Gasteiger partial charge in [-0.1, -0.05) is 13.8 Å². The van der Waals surface area contributed by atoms with E-state index in [-0.39, 0.29) is 0 Å². The van der Waals surface area contributed by atoms with Crippen LogP contribution in [0, 0.1) is 5.92 Å². The number of hydrogen-bond acceptors (Lipinski definition) is 3. The van der Waals surface area contributed by atoms with Crippen LogP contribution in [0.25, 0.3) is 0 Å². The predicted octanol–water partition coefficient (Wildman–Crippen LogP) is 1.34. The number of nitrogens with zero attached hydrogens (tertiary/aromatic N) is 1. The molecule has 0 unspecified atom stereocenters. The van der Waals surface area contributed by atoms with Gasteiger partial charge in [-0.3, -0.25) is 4.90 Å². The van der Waals surface area contributed by atoms with Crippen molar-refractivity contribution in [2.45, 2.75) is 26.7 Å². The maximum Gasteiger partial charge on any atom is 0.0594 e. The summed E-state index contributed by atoms with van der Waals surface area (Å²) in [5.74, 6) is 0.768. The molecule has 1 heterocycles. The zero-order valence-corrected chi connectivity index (χ0v) is 10.3. The Hall–Kier alpha value is -0.120. The van der Waals surface area contributed by atoms with Crippen molar-refractivity contribution < 1.29 is 4.74 Å². The third kappa shape index (κ3) is 6.88. The van der Waals surface area contributed by atoms with E-state index < -0.39 is 0 Å². The summed E-state index contributed by atoms with van der Waals surface area (Å²) >= 11 is 0. The van der Waals surface area contributed by atoms with E-state index in [1.807, 2.05) is 0 Å². The molecule has 1 N–H and O–H groups in total. The first-order valence-electron chi connectivity index (χ1n) is 6.30. The topological polar surface area (TPSA) is 24.5 Å². The molecule has 0 aliphatic carbocycles. The largest absolute Gasteiger partial charge is 0.379 e. The standard InChI is InChI=1S/C12H26N2O/c1-12(2)11-13-5-3-4-6-14-7-9-15-10-8-14/h12-13H,3-11H2,1-2H3. The fourth-order valence-electron chi connectivity index (χ4n) is 1.80. The molecular weight excluding hydrogens is 188 g/mol. The molecule has 1 aliphatic heterocycles. The molecule has 3 nitrogen and oxygen atoms in total. The highest BCUT2D eigenvalue weighted by Crippen LogP contribution is 1.99. The van der Waals surface area contributed by atoms with E-state index in [2.05, 4.69) is 24.1 Å². The van der Waals surface area contributed by atoms with E-state index >= 15 is 0 Å². The second kappa shape index (κ2) is 8.08. The van der Waals surface area contributed by atoms with Gasteiger partial charge in [-0.15, -0.1) is 0 Å². The summed E-state index contributed by atoms with van der Waals surface area (Å²) in [6.45, 7) is 12.2. The van der Waals surface area contributed by atoms with E-state index in [1.54, 1.807) is 0 Å². The molecule has 0 amide bonds. The molecule has 0 atom stereocenters. The molecule has 0 bridgehead atoms. The summed E-state index contributed by atoms with van der Waals surface area (Å²) in [6, 6.07) is 0. The molecule has 1 rings (SSSR count). The molecule has 15 heavy (non-hydrogen) atoms. The van der Waals surface area contributed by atoms with Gasteiger partial charge in [-0.2, -0.15) is 0 Å². The average Bonchev–Trinajstić information content (AvgIpc) is 2.24. The summed E-state index contributed by atoms with van der Waals surface area (Å²) in [5, 5.41) is 3.48. The summed E-state index contributed by atoms with van der Waals surface area (Å²) < 4.78 is 5.32. The maximum atomic E-state index is 5.32. The van der Waals surface area contributed by atoms with Crippen LogP contribution in [0.15, 0.2) is 0 Å². The highest BCUT2D eigenvalue weighted by atomic mass is 16.5. The number of rotatable bonds is 7. The molecule has 3 heteroatoms. The first kappa shape index (κ1) is 12.9. The second-order valence-electron chi connectivity index (χ2n) is 4.76. The lowest BCUT2D eigenvalue weighted by molar-refractivity contribution is 0.0372. The Morgan fingerprint density at radius 1 is 1.20 bits per heavy atom. The van der Waals surface area contributed by atoms with Gasteiger partial charge >= 0.3 is 0 Å². The van der Waals surface area contributed by atoms with Gasteiger partial charge in [-0.25, -0.2) is 0 Å². The Labute approximate surface area is 94.2 Å². The van der Waals surface area contributed by atoms with Crippen LogP contribution in [-0.4, -0.2) is 50.8 Å². The fourth-order valence-corrected chi connectivity index (χ4v) is 1.80. The van der Waals surface area contributed by atoms with Gasteiger partial charge in [-0.05, 0) is 38.4 Å². The van der Waals surface area contributed by atoms with Crippen molar-refractivity contribution in [2.75, 3.05) is 45.9 Å². The van der Waals surface area contributed by atoms with Crippen LogP contribution >= 0.6 is 0 Å². The lowest BCUT2D eigenvalue weighted by atomic mass is 10.2. The zero-order chi connectivity index (χ0) is 10.9. The van der Waals surface area contributed by atoms with Gasteiger partial charge < -0.3 is 10.1 Å². The molecule has 1 fully saturated rings. The van der Waals surface area contributed by atoms with Crippen LogP contribution in [0.2, 0.25) is 0 Å². The number of ether oxygens (including phenoxy) is 1. The van der Waals surface area contributed by atoms with Gasteiger partial charge in [0, 0.05) is 13.1 Å². The summed E-state index contributed by atoms with van der Waals surface area (Å²) in [6.07, 6.45) is 2.61. The van der Waals surface area contributed by atoms with Gasteiger partial charge in [0.2, 0.25) is 0 Å². The molecule has 0 aromatic carbocycles. The first-order valence-corrected chi connectivity index (χ1v) is 6.30. The van der Waals surface area contributed by atoms with Crippen molar-refractivity contribution in [3.8, 4) is 0 Å². The minimum absolute atomic E-state index is 0.768. The van der Waals surface area contributed by atoms with Crippen molar-refractivity contribution in [2.24, 2.45) is 5.92 Å². The SMILES string of the molecule is CC(C)CNCCCCN1CCOCC1. The zero-order valence-electron chi connectivity index (χ0n) is 10.3. The second-order valence-corrected chi connectivity index (χ2v) is 4.76. The lowest BCUT2D eigenvalue weighted by Crippen LogP contribution is -2.37. The monoisotopic (exact) mass is 214 g/mol. The molecule has 90 valence electrons.